The van der Waals surface area contributed by atoms with E-state index in [0.717, 1.165) is 44.3 Å². The fraction of sp³-hybridized carbons (Fsp3) is 0.643. The van der Waals surface area contributed by atoms with Crippen LogP contribution in [0.25, 0.3) is 0 Å². The Labute approximate surface area is 249 Å². The van der Waals surface area contributed by atoms with E-state index in [1.807, 2.05) is 11.8 Å². The number of benzene rings is 1. The zero-order valence-electron chi connectivity index (χ0n) is 24.2. The highest BCUT2D eigenvalue weighted by atomic mass is 32.2. The minimum Gasteiger partial charge on any atom is -0.493 e. The quantitative estimate of drug-likeness (QED) is 0.0605. The van der Waals surface area contributed by atoms with Gasteiger partial charge in [-0.15, -0.1) is 0 Å². The van der Waals surface area contributed by atoms with Gasteiger partial charge in [-0.3, -0.25) is 24.5 Å². The maximum absolute atomic E-state index is 12.1. The highest BCUT2D eigenvalue weighted by Crippen LogP contribution is 2.35. The third kappa shape index (κ3) is 10.1. The number of carbonyl (C=O) groups excluding carboxylic acids is 4. The normalized spacial score (nSPS) is 18.9. The van der Waals surface area contributed by atoms with Crippen LogP contribution in [-0.2, 0) is 9.59 Å². The molecule has 0 aromatic heterocycles. The summed E-state index contributed by atoms with van der Waals surface area (Å²) in [6.45, 7) is 2.54. The zero-order chi connectivity index (χ0) is 30.5. The summed E-state index contributed by atoms with van der Waals surface area (Å²) in [7, 11) is 1.38. The maximum atomic E-state index is 12.1. The van der Waals surface area contributed by atoms with Crippen LogP contribution < -0.4 is 30.7 Å². The second-order valence-electron chi connectivity index (χ2n) is 10.4. The molecule has 0 unspecified atom stereocenters. The van der Waals surface area contributed by atoms with E-state index in [4.69, 9.17) is 9.47 Å². The first-order chi connectivity index (χ1) is 20.2. The van der Waals surface area contributed by atoms with E-state index in [0.29, 0.717) is 31.2 Å². The van der Waals surface area contributed by atoms with E-state index in [1.54, 1.807) is 0 Å². The van der Waals surface area contributed by atoms with E-state index in [-0.39, 0.29) is 65.7 Å². The van der Waals surface area contributed by atoms with E-state index < -0.39 is 10.7 Å². The van der Waals surface area contributed by atoms with Gasteiger partial charge in [0.15, 0.2) is 17.3 Å². The Bertz CT molecular complexity index is 1130. The van der Waals surface area contributed by atoms with Crippen molar-refractivity contribution in [1.29, 1.82) is 0 Å². The molecule has 14 heteroatoms. The SMILES string of the molecule is COc1cc(C(C)=O)c([N+](=O)[O-])cc1OCCCC(=O)NCCCCCNC(=O)CCCC[C@@H]1SC[C@@H]2NC(=O)N[C@@H]21. The molecule has 3 atom stereocenters. The molecule has 42 heavy (non-hydrogen) atoms. The average Bonchev–Trinajstić information content (AvgIpc) is 3.51. The number of fused-ring (bicyclic) bond motifs is 1. The number of carbonyl (C=O) groups is 4. The van der Waals surface area contributed by atoms with Gasteiger partial charge in [0, 0.05) is 43.0 Å². The fourth-order valence-corrected chi connectivity index (χ4v) is 6.55. The van der Waals surface area contributed by atoms with Crippen molar-refractivity contribution in [3.05, 3.63) is 27.8 Å². The molecule has 2 fully saturated rings. The molecule has 2 aliphatic heterocycles. The van der Waals surface area contributed by atoms with Crippen LogP contribution in [0.2, 0.25) is 0 Å². The van der Waals surface area contributed by atoms with Crippen molar-refractivity contribution in [2.75, 3.05) is 32.6 Å². The molecule has 13 nitrogen and oxygen atoms in total. The van der Waals surface area contributed by atoms with E-state index in [1.165, 1.54) is 26.2 Å². The van der Waals surface area contributed by atoms with Crippen molar-refractivity contribution in [2.45, 2.75) is 82.0 Å². The van der Waals surface area contributed by atoms with Crippen molar-refractivity contribution < 1.29 is 33.6 Å². The van der Waals surface area contributed by atoms with Gasteiger partial charge in [-0.1, -0.05) is 6.42 Å². The van der Waals surface area contributed by atoms with Crippen LogP contribution in [0.5, 0.6) is 11.5 Å². The highest BCUT2D eigenvalue weighted by molar-refractivity contribution is 8.00. The molecule has 4 N–H and O–H groups in total. The van der Waals surface area contributed by atoms with Crippen LogP contribution in [0.1, 0.15) is 75.1 Å². The average molecular weight is 608 g/mol. The lowest BCUT2D eigenvalue weighted by Crippen LogP contribution is -2.36. The molecule has 4 amide bonds. The van der Waals surface area contributed by atoms with Crippen molar-refractivity contribution in [1.82, 2.24) is 21.3 Å². The number of nitro groups is 1. The smallest absolute Gasteiger partial charge is 0.315 e. The standard InChI is InChI=1S/C28H41N5O8S/c1-18(34)19-15-22(40-2)23(16-21(19)33(38)39)41-14-8-11-26(36)30-13-7-3-6-12-29-25(35)10-5-4-9-24-27-20(17-42-24)31-28(37)32-27/h15-16,20,24,27H,3-14,17H2,1-2H3,(H,29,35)(H,30,36)(H2,31,32,37)/t20-,24-,27-/m0/s1. The number of amides is 4. The number of hydrogen-bond donors (Lipinski definition) is 4. The molecule has 232 valence electrons. The maximum Gasteiger partial charge on any atom is 0.315 e. The first-order valence-electron chi connectivity index (χ1n) is 14.4. The van der Waals surface area contributed by atoms with Gasteiger partial charge in [0.2, 0.25) is 11.8 Å². The van der Waals surface area contributed by atoms with Gasteiger partial charge in [0.25, 0.3) is 5.69 Å². The molecule has 3 rings (SSSR count). The Hall–Kier alpha value is -3.55. The molecule has 2 aliphatic rings. The monoisotopic (exact) mass is 607 g/mol. The number of Topliss-reactive ketones (excluding diaryl/α,β-unsaturated/α-hetero) is 1. The summed E-state index contributed by atoms with van der Waals surface area (Å²) in [5.74, 6) is 0.782. The third-order valence-electron chi connectivity index (χ3n) is 7.24. The number of hydrogen-bond acceptors (Lipinski definition) is 9. The lowest BCUT2D eigenvalue weighted by molar-refractivity contribution is -0.385. The van der Waals surface area contributed by atoms with Crippen LogP contribution in [0.15, 0.2) is 12.1 Å². The Morgan fingerprint density at radius 3 is 2.33 bits per heavy atom. The number of unbranched alkanes of at least 4 members (excludes halogenated alkanes) is 3. The Balaban J connectivity index is 1.17. The minimum absolute atomic E-state index is 0.0559. The molecule has 0 spiro atoms. The number of urea groups is 1. The van der Waals surface area contributed by atoms with E-state index in [2.05, 4.69) is 21.3 Å². The molecule has 1 aromatic carbocycles. The molecule has 0 aliphatic carbocycles. The lowest BCUT2D eigenvalue weighted by atomic mass is 10.0. The van der Waals surface area contributed by atoms with Crippen molar-refractivity contribution in [3.8, 4) is 11.5 Å². The summed E-state index contributed by atoms with van der Waals surface area (Å²) in [5, 5.41) is 23.5. The van der Waals surface area contributed by atoms with Crippen molar-refractivity contribution in [3.63, 3.8) is 0 Å². The lowest BCUT2D eigenvalue weighted by Gasteiger charge is -2.16. The van der Waals surface area contributed by atoms with Gasteiger partial charge in [0.05, 0.1) is 42.4 Å². The zero-order valence-corrected chi connectivity index (χ0v) is 25.0. The number of rotatable bonds is 19. The fourth-order valence-electron chi connectivity index (χ4n) is 5.00. The van der Waals surface area contributed by atoms with Crippen LogP contribution in [0, 0.1) is 10.1 Å². The molecule has 2 saturated heterocycles. The predicted octanol–water partition coefficient (Wildman–Crippen LogP) is 3.09. The Morgan fingerprint density at radius 2 is 1.69 bits per heavy atom. The molecule has 1 aromatic rings. The predicted molar refractivity (Wildman–Crippen MR) is 158 cm³/mol. The first kappa shape index (κ1) is 33.0. The van der Waals surface area contributed by atoms with Gasteiger partial charge in [-0.05, 0) is 45.4 Å². The summed E-state index contributed by atoms with van der Waals surface area (Å²) in [5.41, 5.74) is -0.420. The van der Waals surface area contributed by atoms with Gasteiger partial charge in [-0.2, -0.15) is 11.8 Å². The summed E-state index contributed by atoms with van der Waals surface area (Å²) in [4.78, 5) is 58.0. The van der Waals surface area contributed by atoms with Crippen LogP contribution in [-0.4, -0.2) is 78.4 Å². The van der Waals surface area contributed by atoms with Crippen molar-refractivity contribution in [2.24, 2.45) is 0 Å². The molecular weight excluding hydrogens is 566 g/mol. The number of nitrogens with zero attached hydrogens (tertiary/aromatic N) is 1. The molecule has 0 saturated carbocycles. The van der Waals surface area contributed by atoms with Crippen LogP contribution >= 0.6 is 11.8 Å². The Morgan fingerprint density at radius 1 is 1.00 bits per heavy atom. The van der Waals surface area contributed by atoms with Gasteiger partial charge < -0.3 is 30.7 Å². The van der Waals surface area contributed by atoms with Crippen LogP contribution in [0.4, 0.5) is 10.5 Å². The summed E-state index contributed by atoms with van der Waals surface area (Å²) >= 11 is 1.89. The van der Waals surface area contributed by atoms with Gasteiger partial charge >= 0.3 is 6.03 Å². The van der Waals surface area contributed by atoms with E-state index in [9.17, 15) is 29.3 Å². The number of ketones is 1. The van der Waals surface area contributed by atoms with Crippen LogP contribution in [0.3, 0.4) is 0 Å². The second-order valence-corrected chi connectivity index (χ2v) is 11.7. The van der Waals surface area contributed by atoms with Gasteiger partial charge in [-0.25, -0.2) is 4.79 Å². The highest BCUT2D eigenvalue weighted by Gasteiger charge is 2.42. The summed E-state index contributed by atoms with van der Waals surface area (Å²) in [6.07, 6.45) is 6.43. The topological polar surface area (TPSA) is 178 Å². The molecular formula is C28H41N5O8S. The summed E-state index contributed by atoms with van der Waals surface area (Å²) in [6, 6.07) is 2.81. The number of nitro benzene ring substituents is 1. The number of ether oxygens (including phenoxy) is 2. The Kier molecular flexibility index (Phi) is 13.2. The minimum atomic E-state index is -0.644. The third-order valence-corrected chi connectivity index (χ3v) is 8.75. The number of nitrogens with one attached hydrogen (secondary N) is 4. The largest absolute Gasteiger partial charge is 0.493 e. The van der Waals surface area contributed by atoms with Gasteiger partial charge in [0.1, 0.15) is 0 Å². The number of thioether (sulfide) groups is 1. The van der Waals surface area contributed by atoms with Crippen molar-refractivity contribution >= 4 is 41.1 Å². The second kappa shape index (κ2) is 16.8. The number of methoxy groups -OCH3 is 1. The molecule has 2 heterocycles. The molecule has 0 radical (unpaired) electrons. The van der Waals surface area contributed by atoms with E-state index >= 15 is 0 Å². The first-order valence-corrected chi connectivity index (χ1v) is 15.5. The summed E-state index contributed by atoms with van der Waals surface area (Å²) < 4.78 is 10.8. The molecule has 0 bridgehead atoms.